The maximum atomic E-state index is 10.5. The molecule has 0 atom stereocenters. The van der Waals surface area contributed by atoms with E-state index in [1.54, 1.807) is 0 Å². The van der Waals surface area contributed by atoms with Crippen molar-refractivity contribution in [3.63, 3.8) is 0 Å². The number of carboxylic acids is 1. The third kappa shape index (κ3) is 3.14. The molecule has 0 unspecified atom stereocenters. The third-order valence-corrected chi connectivity index (χ3v) is 5.25. The number of carboxylic acid groups (broad SMARTS) is 1. The van der Waals surface area contributed by atoms with Crippen LogP contribution < -0.4 is 5.32 Å². The van der Waals surface area contributed by atoms with Crippen LogP contribution in [0.2, 0.25) is 0 Å². The fourth-order valence-corrected chi connectivity index (χ4v) is 3.64. The summed E-state index contributed by atoms with van der Waals surface area (Å²) in [7, 11) is 0. The van der Waals surface area contributed by atoms with Crippen LogP contribution in [-0.4, -0.2) is 33.1 Å². The monoisotopic (exact) mass is 285 g/mol. The van der Waals surface area contributed by atoms with Crippen LogP contribution >= 0.6 is 23.1 Å². The van der Waals surface area contributed by atoms with E-state index in [4.69, 9.17) is 5.11 Å². The van der Waals surface area contributed by atoms with Gasteiger partial charge in [-0.25, -0.2) is 0 Å². The molecule has 0 amide bonds. The summed E-state index contributed by atoms with van der Waals surface area (Å²) in [5.41, 5.74) is 0. The minimum Gasteiger partial charge on any atom is -0.481 e. The Morgan fingerprint density at radius 2 is 2.06 bits per heavy atom. The molecule has 98 valence electrons. The number of nitrogens with one attached hydrogen (secondary N) is 1. The maximum Gasteiger partial charge on any atom is 0.313 e. The Morgan fingerprint density at radius 3 is 2.61 bits per heavy atom. The first-order valence-electron chi connectivity index (χ1n) is 6.17. The second-order valence-corrected chi connectivity index (χ2v) is 7.10. The molecule has 2 N–H and O–H groups in total. The lowest BCUT2D eigenvalue weighted by Gasteiger charge is -2.15. The molecule has 5 nitrogen and oxygen atoms in total. The Labute approximate surface area is 113 Å². The van der Waals surface area contributed by atoms with Gasteiger partial charge in [-0.1, -0.05) is 23.1 Å². The van der Waals surface area contributed by atoms with Gasteiger partial charge < -0.3 is 10.4 Å². The largest absolute Gasteiger partial charge is 0.481 e. The van der Waals surface area contributed by atoms with Crippen molar-refractivity contribution in [2.75, 3.05) is 11.1 Å². The number of thioether (sulfide) groups is 1. The third-order valence-electron chi connectivity index (χ3n) is 3.28. The lowest BCUT2D eigenvalue weighted by atomic mass is 10.1. The number of nitrogens with zero attached hydrogens (tertiary/aromatic N) is 2. The minimum absolute atomic E-state index is 0.0450. The van der Waals surface area contributed by atoms with E-state index in [0.29, 0.717) is 6.04 Å². The molecule has 3 rings (SSSR count). The summed E-state index contributed by atoms with van der Waals surface area (Å²) in [5.74, 6) is 0.857. The van der Waals surface area contributed by atoms with Crippen molar-refractivity contribution in [2.24, 2.45) is 11.8 Å². The lowest BCUT2D eigenvalue weighted by molar-refractivity contribution is -0.133. The Balaban J connectivity index is 1.56. The van der Waals surface area contributed by atoms with E-state index in [1.807, 2.05) is 0 Å². The van der Waals surface area contributed by atoms with Gasteiger partial charge in [0.25, 0.3) is 0 Å². The molecule has 0 aromatic carbocycles. The van der Waals surface area contributed by atoms with Gasteiger partial charge in [0.1, 0.15) is 0 Å². The number of aliphatic carboxylic acids is 1. The number of hydrogen-bond donors (Lipinski definition) is 2. The molecule has 2 fully saturated rings. The quantitative estimate of drug-likeness (QED) is 0.749. The fourth-order valence-electron chi connectivity index (χ4n) is 2.12. The molecule has 2 aliphatic rings. The Kier molecular flexibility index (Phi) is 3.43. The summed E-state index contributed by atoms with van der Waals surface area (Å²) in [6, 6.07) is 0.565. The van der Waals surface area contributed by atoms with E-state index >= 15 is 0 Å². The maximum absolute atomic E-state index is 10.5. The van der Waals surface area contributed by atoms with Crippen LogP contribution in [0.25, 0.3) is 0 Å². The number of aromatic nitrogens is 2. The number of rotatable bonds is 7. The first kappa shape index (κ1) is 12.2. The molecule has 2 aliphatic carbocycles. The topological polar surface area (TPSA) is 75.1 Å². The average molecular weight is 285 g/mol. The molecular formula is C11H15N3O2S2. The lowest BCUT2D eigenvalue weighted by Crippen LogP contribution is -2.24. The molecule has 0 spiro atoms. The molecule has 1 aromatic heterocycles. The second-order valence-electron chi connectivity index (χ2n) is 4.90. The van der Waals surface area contributed by atoms with E-state index in [9.17, 15) is 4.79 Å². The highest BCUT2D eigenvalue weighted by atomic mass is 32.2. The molecule has 0 radical (unpaired) electrons. The molecule has 0 saturated heterocycles. The zero-order valence-electron chi connectivity index (χ0n) is 9.83. The molecule has 0 bridgehead atoms. The SMILES string of the molecule is O=C(O)CSc1nnc(NC(C2CC2)C2CC2)s1. The molecule has 1 aromatic rings. The highest BCUT2D eigenvalue weighted by molar-refractivity contribution is 8.01. The molecule has 1 heterocycles. The smallest absolute Gasteiger partial charge is 0.313 e. The normalized spacial score (nSPS) is 19.2. The van der Waals surface area contributed by atoms with E-state index < -0.39 is 5.97 Å². The first-order valence-corrected chi connectivity index (χ1v) is 7.97. The van der Waals surface area contributed by atoms with E-state index in [0.717, 1.165) is 21.3 Å². The van der Waals surface area contributed by atoms with Crippen molar-refractivity contribution < 1.29 is 9.90 Å². The van der Waals surface area contributed by atoms with Gasteiger partial charge in [0.2, 0.25) is 5.13 Å². The van der Waals surface area contributed by atoms with Crippen LogP contribution in [0, 0.1) is 11.8 Å². The molecule has 2 saturated carbocycles. The van der Waals surface area contributed by atoms with Crippen LogP contribution in [0.15, 0.2) is 4.34 Å². The second kappa shape index (κ2) is 5.05. The summed E-state index contributed by atoms with van der Waals surface area (Å²) in [5, 5.41) is 21.0. The van der Waals surface area contributed by atoms with E-state index in [2.05, 4.69) is 15.5 Å². The molecule has 18 heavy (non-hydrogen) atoms. The zero-order chi connectivity index (χ0) is 12.5. The van der Waals surface area contributed by atoms with Crippen molar-refractivity contribution in [3.05, 3.63) is 0 Å². The highest BCUT2D eigenvalue weighted by Crippen LogP contribution is 2.46. The van der Waals surface area contributed by atoms with E-state index in [-0.39, 0.29) is 5.75 Å². The summed E-state index contributed by atoms with van der Waals surface area (Å²) in [4.78, 5) is 10.5. The standard InChI is InChI=1S/C11H15N3O2S2/c15-8(16)5-17-11-14-13-10(18-11)12-9(6-1-2-6)7-3-4-7/h6-7,9H,1-5H2,(H,12,13)(H,15,16). The van der Waals surface area contributed by atoms with Crippen LogP contribution in [0.1, 0.15) is 25.7 Å². The van der Waals surface area contributed by atoms with Gasteiger partial charge in [0.15, 0.2) is 4.34 Å². The van der Waals surface area contributed by atoms with Gasteiger partial charge in [-0.15, -0.1) is 10.2 Å². The van der Waals surface area contributed by atoms with Gasteiger partial charge in [-0.05, 0) is 37.5 Å². The van der Waals surface area contributed by atoms with Gasteiger partial charge in [0.05, 0.1) is 5.75 Å². The average Bonchev–Trinajstić information content (AvgIpc) is 3.23. The first-order chi connectivity index (χ1) is 8.72. The molecule has 7 heteroatoms. The Hall–Kier alpha value is -0.820. The molecule has 0 aliphatic heterocycles. The number of carbonyl (C=O) groups is 1. The van der Waals surface area contributed by atoms with Crippen molar-refractivity contribution >= 4 is 34.2 Å². The van der Waals surface area contributed by atoms with E-state index in [1.165, 1.54) is 48.8 Å². The number of hydrogen-bond acceptors (Lipinski definition) is 6. The van der Waals surface area contributed by atoms with Gasteiger partial charge >= 0.3 is 5.97 Å². The van der Waals surface area contributed by atoms with Crippen molar-refractivity contribution in [3.8, 4) is 0 Å². The van der Waals surface area contributed by atoms with Crippen LogP contribution in [0.4, 0.5) is 5.13 Å². The van der Waals surface area contributed by atoms with Crippen molar-refractivity contribution in [1.29, 1.82) is 0 Å². The summed E-state index contributed by atoms with van der Waals surface area (Å²) in [6.45, 7) is 0. The summed E-state index contributed by atoms with van der Waals surface area (Å²) >= 11 is 2.69. The predicted molar refractivity (Wildman–Crippen MR) is 71.1 cm³/mol. The van der Waals surface area contributed by atoms with Gasteiger partial charge in [0, 0.05) is 6.04 Å². The van der Waals surface area contributed by atoms with Crippen LogP contribution in [0.3, 0.4) is 0 Å². The summed E-state index contributed by atoms with van der Waals surface area (Å²) < 4.78 is 0.727. The van der Waals surface area contributed by atoms with Gasteiger partial charge in [-0.2, -0.15) is 0 Å². The Bertz CT molecular complexity index is 431. The Morgan fingerprint density at radius 1 is 1.39 bits per heavy atom. The van der Waals surface area contributed by atoms with Gasteiger partial charge in [-0.3, -0.25) is 4.79 Å². The van der Waals surface area contributed by atoms with Crippen LogP contribution in [-0.2, 0) is 4.79 Å². The fraction of sp³-hybridized carbons (Fsp3) is 0.727. The molecular weight excluding hydrogens is 270 g/mol. The number of anilines is 1. The predicted octanol–water partition coefficient (Wildman–Crippen LogP) is 2.32. The van der Waals surface area contributed by atoms with Crippen molar-refractivity contribution in [2.45, 2.75) is 36.1 Å². The highest BCUT2D eigenvalue weighted by Gasteiger charge is 2.41. The zero-order valence-corrected chi connectivity index (χ0v) is 11.5. The minimum atomic E-state index is -0.821. The van der Waals surface area contributed by atoms with Crippen LogP contribution in [0.5, 0.6) is 0 Å². The summed E-state index contributed by atoms with van der Waals surface area (Å²) in [6.07, 6.45) is 5.31. The van der Waals surface area contributed by atoms with Crippen molar-refractivity contribution in [1.82, 2.24) is 10.2 Å².